The molecule has 0 bridgehead atoms. The molecule has 0 amide bonds. The van der Waals surface area contributed by atoms with Crippen LogP contribution in [0.1, 0.15) is 0 Å². The number of aromatic nitrogens is 6. The lowest BCUT2D eigenvalue weighted by Crippen LogP contribution is -1.94. The van der Waals surface area contributed by atoms with Crippen molar-refractivity contribution in [1.29, 1.82) is 0 Å². The third-order valence-corrected chi connectivity index (χ3v) is 3.12. The van der Waals surface area contributed by atoms with E-state index in [1.807, 2.05) is 30.3 Å². The zero-order valence-corrected chi connectivity index (χ0v) is 12.6. The Labute approximate surface area is 136 Å². The van der Waals surface area contributed by atoms with Crippen LogP contribution in [0.3, 0.4) is 0 Å². The number of nitrogens with one attached hydrogen (secondary N) is 1. The Morgan fingerprint density at radius 1 is 0.913 bits per heavy atom. The molecule has 23 heavy (non-hydrogen) atoms. The fraction of sp³-hybridized carbons (Fsp3) is 0. The van der Waals surface area contributed by atoms with Gasteiger partial charge in [-0.3, -0.25) is 0 Å². The molecule has 8 heteroatoms. The maximum Gasteiger partial charge on any atom is 0.223 e. The zero-order chi connectivity index (χ0) is 16.1. The summed E-state index contributed by atoms with van der Waals surface area (Å²) in [6, 6.07) is 11.5. The second kappa shape index (κ2) is 6.80. The molecule has 3 N–H and O–H groups in total. The van der Waals surface area contributed by atoms with E-state index >= 15 is 0 Å². The highest BCUT2D eigenvalue weighted by Gasteiger charge is 2.10. The molecule has 114 valence electrons. The van der Waals surface area contributed by atoms with Gasteiger partial charge in [0, 0.05) is 18.0 Å². The Morgan fingerprint density at radius 2 is 1.65 bits per heavy atom. The van der Waals surface area contributed by atoms with Crippen molar-refractivity contribution in [3.8, 4) is 11.4 Å². The number of fused-ring (bicyclic) bond motifs is 1. The summed E-state index contributed by atoms with van der Waals surface area (Å²) < 4.78 is 0. The number of benzene rings is 1. The maximum atomic E-state index is 5.96. The van der Waals surface area contributed by atoms with E-state index in [0.29, 0.717) is 17.0 Å². The molecule has 3 aromatic heterocycles. The Bertz CT molecular complexity index is 867. The van der Waals surface area contributed by atoms with E-state index in [0.717, 1.165) is 5.56 Å². The Morgan fingerprint density at radius 3 is 2.26 bits per heavy atom. The number of halogens is 1. The van der Waals surface area contributed by atoms with Gasteiger partial charge in [-0.05, 0) is 6.07 Å². The van der Waals surface area contributed by atoms with Crippen LogP contribution in [0.15, 0.2) is 55.1 Å². The van der Waals surface area contributed by atoms with Crippen molar-refractivity contribution in [2.75, 3.05) is 5.73 Å². The van der Waals surface area contributed by atoms with Gasteiger partial charge in [0.1, 0.15) is 17.7 Å². The average molecular weight is 326 g/mol. The summed E-state index contributed by atoms with van der Waals surface area (Å²) in [5.74, 6) is 0.816. The highest BCUT2D eigenvalue weighted by Crippen LogP contribution is 2.23. The molecule has 4 rings (SSSR count). The minimum atomic E-state index is 0.119. The Kier molecular flexibility index (Phi) is 4.39. The Hall–Kier alpha value is -3.06. The van der Waals surface area contributed by atoms with E-state index in [9.17, 15) is 0 Å². The molecular weight excluding hydrogens is 314 g/mol. The van der Waals surface area contributed by atoms with Crippen molar-refractivity contribution >= 4 is 28.7 Å². The number of nitrogens with zero attached hydrogens (tertiary/aromatic N) is 5. The summed E-state index contributed by atoms with van der Waals surface area (Å²) in [5, 5.41) is 0.280. The molecule has 0 radical (unpaired) electrons. The van der Waals surface area contributed by atoms with Gasteiger partial charge in [-0.25, -0.2) is 15.0 Å². The lowest BCUT2D eigenvalue weighted by molar-refractivity contribution is 1.17. The van der Waals surface area contributed by atoms with Gasteiger partial charge in [-0.1, -0.05) is 41.9 Å². The second-order valence-corrected chi connectivity index (χ2v) is 4.78. The van der Waals surface area contributed by atoms with Crippen LogP contribution in [0, 0.1) is 0 Å². The molecule has 0 fully saturated rings. The molecule has 0 saturated carbocycles. The Balaban J connectivity index is 0.000000220. The number of hydrogen-bond donors (Lipinski definition) is 2. The van der Waals surface area contributed by atoms with Crippen LogP contribution in [0.4, 0.5) is 5.95 Å². The molecule has 0 aliphatic rings. The molecule has 0 aliphatic heterocycles. The standard InChI is InChI=1S/C11H8ClN5.C4H4N2/c12-8-7-10(17-11(13)15-8)16-9(14-7)6-4-2-1-3-5-6;1-2-5-4-6-3-1/h1-5H,(H3,13,14,15,16,17);1-4H. The summed E-state index contributed by atoms with van der Waals surface area (Å²) in [7, 11) is 0. The summed E-state index contributed by atoms with van der Waals surface area (Å²) >= 11 is 5.96. The first-order chi connectivity index (χ1) is 11.2. The molecule has 0 atom stereocenters. The fourth-order valence-corrected chi connectivity index (χ4v) is 2.08. The first-order valence-electron chi connectivity index (χ1n) is 6.68. The smallest absolute Gasteiger partial charge is 0.223 e. The molecule has 1 aromatic carbocycles. The first-order valence-corrected chi connectivity index (χ1v) is 7.06. The van der Waals surface area contributed by atoms with Gasteiger partial charge in [0.05, 0.1) is 0 Å². The van der Waals surface area contributed by atoms with Crippen LogP contribution >= 0.6 is 11.6 Å². The number of nitrogens with two attached hydrogens (primary N) is 1. The van der Waals surface area contributed by atoms with Gasteiger partial charge in [0.25, 0.3) is 0 Å². The molecule has 3 heterocycles. The van der Waals surface area contributed by atoms with E-state index in [4.69, 9.17) is 17.3 Å². The number of H-pyrrole nitrogens is 1. The van der Waals surface area contributed by atoms with Crippen molar-refractivity contribution in [3.63, 3.8) is 0 Å². The minimum absolute atomic E-state index is 0.119. The van der Waals surface area contributed by atoms with E-state index in [1.54, 1.807) is 18.5 Å². The third-order valence-electron chi connectivity index (χ3n) is 2.85. The predicted octanol–water partition coefficient (Wildman–Crippen LogP) is 2.73. The van der Waals surface area contributed by atoms with Crippen LogP contribution in [0.5, 0.6) is 0 Å². The summed E-state index contributed by atoms with van der Waals surface area (Å²) in [6.45, 7) is 0. The second-order valence-electron chi connectivity index (χ2n) is 4.43. The van der Waals surface area contributed by atoms with Gasteiger partial charge in [0.2, 0.25) is 5.95 Å². The molecule has 4 aromatic rings. The van der Waals surface area contributed by atoms with Crippen molar-refractivity contribution in [3.05, 3.63) is 60.3 Å². The molecule has 0 spiro atoms. The van der Waals surface area contributed by atoms with Gasteiger partial charge in [0.15, 0.2) is 10.8 Å². The van der Waals surface area contributed by atoms with Crippen molar-refractivity contribution < 1.29 is 0 Å². The molecule has 7 nitrogen and oxygen atoms in total. The van der Waals surface area contributed by atoms with E-state index in [1.165, 1.54) is 6.33 Å². The molecular formula is C15H12ClN7. The monoisotopic (exact) mass is 325 g/mol. The number of imidazole rings is 1. The summed E-state index contributed by atoms with van der Waals surface area (Å²) in [6.07, 6.45) is 4.88. The van der Waals surface area contributed by atoms with Gasteiger partial charge >= 0.3 is 0 Å². The van der Waals surface area contributed by atoms with Crippen LogP contribution in [-0.4, -0.2) is 29.9 Å². The number of aromatic amines is 1. The van der Waals surface area contributed by atoms with E-state index in [-0.39, 0.29) is 11.1 Å². The topological polar surface area (TPSA) is 106 Å². The van der Waals surface area contributed by atoms with Crippen LogP contribution < -0.4 is 5.73 Å². The lowest BCUT2D eigenvalue weighted by atomic mass is 10.2. The number of nitrogen functional groups attached to an aromatic ring is 1. The average Bonchev–Trinajstić information content (AvgIpc) is 3.02. The van der Waals surface area contributed by atoms with Crippen molar-refractivity contribution in [2.45, 2.75) is 0 Å². The first kappa shape index (κ1) is 14.9. The van der Waals surface area contributed by atoms with E-state index < -0.39 is 0 Å². The predicted molar refractivity (Wildman–Crippen MR) is 88.6 cm³/mol. The van der Waals surface area contributed by atoms with Crippen LogP contribution in [0.25, 0.3) is 22.6 Å². The molecule has 0 aliphatic carbocycles. The lowest BCUT2D eigenvalue weighted by Gasteiger charge is -1.93. The van der Waals surface area contributed by atoms with Gasteiger partial charge < -0.3 is 10.7 Å². The summed E-state index contributed by atoms with van der Waals surface area (Å²) in [4.78, 5) is 22.7. The molecule has 0 unspecified atom stereocenters. The zero-order valence-electron chi connectivity index (χ0n) is 11.9. The number of anilines is 1. The number of hydrogen-bond acceptors (Lipinski definition) is 6. The quantitative estimate of drug-likeness (QED) is 0.521. The fourth-order valence-electron chi connectivity index (χ4n) is 1.86. The maximum absolute atomic E-state index is 5.96. The number of rotatable bonds is 1. The summed E-state index contributed by atoms with van der Waals surface area (Å²) in [5.41, 5.74) is 7.54. The van der Waals surface area contributed by atoms with Crippen molar-refractivity contribution in [1.82, 2.24) is 29.9 Å². The largest absolute Gasteiger partial charge is 0.368 e. The molecule has 0 saturated heterocycles. The minimum Gasteiger partial charge on any atom is -0.368 e. The third kappa shape index (κ3) is 3.58. The normalized spacial score (nSPS) is 10.1. The highest BCUT2D eigenvalue weighted by atomic mass is 35.5. The van der Waals surface area contributed by atoms with Gasteiger partial charge in [-0.15, -0.1) is 0 Å². The van der Waals surface area contributed by atoms with Crippen molar-refractivity contribution in [2.24, 2.45) is 0 Å². The highest BCUT2D eigenvalue weighted by molar-refractivity contribution is 6.33. The van der Waals surface area contributed by atoms with Crippen LogP contribution in [-0.2, 0) is 0 Å². The SMILES string of the molecule is Nc1nc(Cl)c2[nH]c(-c3ccccc3)nc2n1.c1cncnc1. The van der Waals surface area contributed by atoms with Crippen LogP contribution in [0.2, 0.25) is 5.15 Å². The van der Waals surface area contributed by atoms with E-state index in [2.05, 4.69) is 29.9 Å². The van der Waals surface area contributed by atoms with Gasteiger partial charge in [-0.2, -0.15) is 9.97 Å².